The van der Waals surface area contributed by atoms with E-state index < -0.39 is 6.10 Å². The average molecular weight is 343 g/mol. The van der Waals surface area contributed by atoms with E-state index in [9.17, 15) is 4.79 Å². The number of hydrogen-bond donors (Lipinski definition) is 1. The van der Waals surface area contributed by atoms with Crippen molar-refractivity contribution in [2.75, 3.05) is 14.2 Å². The summed E-state index contributed by atoms with van der Waals surface area (Å²) in [6, 6.07) is 12.9. The number of ether oxygens (including phenoxy) is 3. The van der Waals surface area contributed by atoms with Crippen molar-refractivity contribution in [2.45, 2.75) is 32.9 Å². The standard InChI is InChI=1S/C20H25NO4/c1-13-6-8-16(9-7-13)25-15(3)20(22)21-14(2)18-12-17(23-4)10-11-19(18)24-5/h6-12,14-15H,1-5H3,(H,21,22). The van der Waals surface area contributed by atoms with Crippen LogP contribution in [0.15, 0.2) is 42.5 Å². The highest BCUT2D eigenvalue weighted by Gasteiger charge is 2.20. The second-order valence-corrected chi connectivity index (χ2v) is 5.91. The zero-order valence-corrected chi connectivity index (χ0v) is 15.3. The second kappa shape index (κ2) is 8.42. The van der Waals surface area contributed by atoms with E-state index in [0.29, 0.717) is 17.2 Å². The summed E-state index contributed by atoms with van der Waals surface area (Å²) in [7, 11) is 3.20. The van der Waals surface area contributed by atoms with Gasteiger partial charge in [0.2, 0.25) is 0 Å². The van der Waals surface area contributed by atoms with E-state index in [1.165, 1.54) is 0 Å². The molecular weight excluding hydrogens is 318 g/mol. The Morgan fingerprint density at radius 2 is 1.60 bits per heavy atom. The summed E-state index contributed by atoms with van der Waals surface area (Å²) in [4.78, 5) is 12.4. The summed E-state index contributed by atoms with van der Waals surface area (Å²) >= 11 is 0. The first-order chi connectivity index (χ1) is 11.9. The van der Waals surface area contributed by atoms with E-state index in [1.54, 1.807) is 21.1 Å². The highest BCUT2D eigenvalue weighted by molar-refractivity contribution is 5.81. The van der Waals surface area contributed by atoms with Gasteiger partial charge in [0.05, 0.1) is 20.3 Å². The first-order valence-corrected chi connectivity index (χ1v) is 8.20. The third kappa shape index (κ3) is 4.89. The molecule has 0 fully saturated rings. The number of methoxy groups -OCH3 is 2. The van der Waals surface area contributed by atoms with Crippen LogP contribution in [0.2, 0.25) is 0 Å². The zero-order chi connectivity index (χ0) is 18.4. The first-order valence-electron chi connectivity index (χ1n) is 8.20. The molecule has 5 heteroatoms. The molecule has 0 aliphatic carbocycles. The minimum Gasteiger partial charge on any atom is -0.497 e. The predicted molar refractivity (Wildman–Crippen MR) is 97.4 cm³/mol. The van der Waals surface area contributed by atoms with E-state index >= 15 is 0 Å². The fraction of sp³-hybridized carbons (Fsp3) is 0.350. The van der Waals surface area contributed by atoms with Crippen molar-refractivity contribution in [3.05, 3.63) is 53.6 Å². The number of aryl methyl sites for hydroxylation is 1. The minimum atomic E-state index is -0.609. The molecule has 0 saturated carbocycles. The SMILES string of the molecule is COc1ccc(OC)c(C(C)NC(=O)C(C)Oc2ccc(C)cc2)c1. The third-order valence-electron chi connectivity index (χ3n) is 3.97. The minimum absolute atomic E-state index is 0.196. The lowest BCUT2D eigenvalue weighted by atomic mass is 10.1. The smallest absolute Gasteiger partial charge is 0.261 e. The lowest BCUT2D eigenvalue weighted by molar-refractivity contribution is -0.127. The van der Waals surface area contributed by atoms with Crippen LogP contribution in [0.5, 0.6) is 17.2 Å². The van der Waals surface area contributed by atoms with Gasteiger partial charge in [0.1, 0.15) is 17.2 Å². The Bertz CT molecular complexity index is 712. The van der Waals surface area contributed by atoms with Crippen LogP contribution >= 0.6 is 0 Å². The Morgan fingerprint density at radius 1 is 0.960 bits per heavy atom. The van der Waals surface area contributed by atoms with Gasteiger partial charge in [0, 0.05) is 5.56 Å². The molecule has 0 radical (unpaired) electrons. The molecule has 0 aliphatic rings. The van der Waals surface area contributed by atoms with Crippen LogP contribution in [0.1, 0.15) is 31.0 Å². The van der Waals surface area contributed by atoms with Gasteiger partial charge in [-0.05, 0) is 51.1 Å². The van der Waals surface area contributed by atoms with Crippen LogP contribution in [-0.2, 0) is 4.79 Å². The van der Waals surface area contributed by atoms with Crippen molar-refractivity contribution < 1.29 is 19.0 Å². The highest BCUT2D eigenvalue weighted by Crippen LogP contribution is 2.29. The molecule has 0 spiro atoms. The van der Waals surface area contributed by atoms with Crippen LogP contribution in [0, 0.1) is 6.92 Å². The largest absolute Gasteiger partial charge is 0.497 e. The van der Waals surface area contributed by atoms with Gasteiger partial charge < -0.3 is 19.5 Å². The van der Waals surface area contributed by atoms with Gasteiger partial charge in [-0.3, -0.25) is 4.79 Å². The van der Waals surface area contributed by atoms with Crippen molar-refractivity contribution in [1.82, 2.24) is 5.32 Å². The molecule has 1 N–H and O–H groups in total. The normalized spacial score (nSPS) is 12.8. The van der Waals surface area contributed by atoms with E-state index in [2.05, 4.69) is 5.32 Å². The fourth-order valence-electron chi connectivity index (χ4n) is 2.46. The summed E-state index contributed by atoms with van der Waals surface area (Å²) in [5.41, 5.74) is 1.99. The maximum Gasteiger partial charge on any atom is 0.261 e. The molecule has 134 valence electrons. The Kier molecular flexibility index (Phi) is 6.28. The summed E-state index contributed by atoms with van der Waals surface area (Å²) < 4.78 is 16.3. The van der Waals surface area contributed by atoms with Crippen molar-refractivity contribution in [3.63, 3.8) is 0 Å². The molecular formula is C20H25NO4. The van der Waals surface area contributed by atoms with Crippen molar-refractivity contribution in [1.29, 1.82) is 0 Å². The Hall–Kier alpha value is -2.69. The molecule has 2 aromatic carbocycles. The van der Waals surface area contributed by atoms with Gasteiger partial charge >= 0.3 is 0 Å². The van der Waals surface area contributed by atoms with E-state index in [1.807, 2.05) is 56.3 Å². The van der Waals surface area contributed by atoms with Gasteiger partial charge in [-0.2, -0.15) is 0 Å². The number of amides is 1. The van der Waals surface area contributed by atoms with Crippen LogP contribution < -0.4 is 19.5 Å². The van der Waals surface area contributed by atoms with Crippen LogP contribution in [0.4, 0.5) is 0 Å². The number of carbonyl (C=O) groups is 1. The number of rotatable bonds is 7. The molecule has 0 aliphatic heterocycles. The summed E-state index contributed by atoms with van der Waals surface area (Å²) in [6.07, 6.45) is -0.609. The van der Waals surface area contributed by atoms with Crippen molar-refractivity contribution in [2.24, 2.45) is 0 Å². The fourth-order valence-corrected chi connectivity index (χ4v) is 2.46. The number of benzene rings is 2. The van der Waals surface area contributed by atoms with Crippen molar-refractivity contribution in [3.8, 4) is 17.2 Å². The monoisotopic (exact) mass is 343 g/mol. The molecule has 0 saturated heterocycles. The number of carbonyl (C=O) groups excluding carboxylic acids is 1. The maximum absolute atomic E-state index is 12.4. The van der Waals surface area contributed by atoms with Crippen molar-refractivity contribution >= 4 is 5.91 Å². The highest BCUT2D eigenvalue weighted by atomic mass is 16.5. The molecule has 25 heavy (non-hydrogen) atoms. The van der Waals surface area contributed by atoms with Crippen LogP contribution in [0.25, 0.3) is 0 Å². The predicted octanol–water partition coefficient (Wildman–Crippen LogP) is 3.66. The summed E-state index contributed by atoms with van der Waals surface area (Å²) in [5, 5.41) is 2.95. The Morgan fingerprint density at radius 3 is 2.20 bits per heavy atom. The molecule has 2 atom stereocenters. The van der Waals surface area contributed by atoms with Gasteiger partial charge in [-0.15, -0.1) is 0 Å². The molecule has 1 amide bonds. The topological polar surface area (TPSA) is 56.8 Å². The number of nitrogens with one attached hydrogen (secondary N) is 1. The Labute approximate surface area is 148 Å². The molecule has 2 rings (SSSR count). The van der Waals surface area contributed by atoms with E-state index in [0.717, 1.165) is 11.1 Å². The quantitative estimate of drug-likeness (QED) is 0.834. The van der Waals surface area contributed by atoms with Gasteiger partial charge in [0.15, 0.2) is 6.10 Å². The van der Waals surface area contributed by atoms with E-state index in [4.69, 9.17) is 14.2 Å². The molecule has 0 heterocycles. The lowest BCUT2D eigenvalue weighted by Gasteiger charge is -2.21. The second-order valence-electron chi connectivity index (χ2n) is 5.91. The molecule has 5 nitrogen and oxygen atoms in total. The van der Waals surface area contributed by atoms with Gasteiger partial charge in [0.25, 0.3) is 5.91 Å². The maximum atomic E-state index is 12.4. The summed E-state index contributed by atoms with van der Waals surface area (Å²) in [5.74, 6) is 1.87. The Balaban J connectivity index is 2.05. The molecule has 0 aromatic heterocycles. The summed E-state index contributed by atoms with van der Waals surface area (Å²) in [6.45, 7) is 5.63. The molecule has 0 bridgehead atoms. The van der Waals surface area contributed by atoms with Gasteiger partial charge in [-0.1, -0.05) is 17.7 Å². The first kappa shape index (κ1) is 18.6. The zero-order valence-electron chi connectivity index (χ0n) is 15.3. The molecule has 2 aromatic rings. The lowest BCUT2D eigenvalue weighted by Crippen LogP contribution is -2.37. The average Bonchev–Trinajstić information content (AvgIpc) is 2.62. The van der Waals surface area contributed by atoms with Crippen LogP contribution in [0.3, 0.4) is 0 Å². The van der Waals surface area contributed by atoms with E-state index in [-0.39, 0.29) is 11.9 Å². The number of hydrogen-bond acceptors (Lipinski definition) is 4. The third-order valence-corrected chi connectivity index (χ3v) is 3.97. The van der Waals surface area contributed by atoms with Gasteiger partial charge in [-0.25, -0.2) is 0 Å². The van der Waals surface area contributed by atoms with Crippen LogP contribution in [-0.4, -0.2) is 26.2 Å². The molecule has 2 unspecified atom stereocenters.